The van der Waals surface area contributed by atoms with Gasteiger partial charge in [0.25, 0.3) is 0 Å². The molecule has 234 valence electrons. The summed E-state index contributed by atoms with van der Waals surface area (Å²) >= 11 is 7.50. The Morgan fingerprint density at radius 2 is 1.70 bits per heavy atom. The summed E-state index contributed by atoms with van der Waals surface area (Å²) in [6, 6.07) is -0.0934. The number of aliphatic hydroxyl groups is 2. The Labute approximate surface area is 246 Å². The van der Waals surface area contributed by atoms with E-state index >= 15 is 0 Å². The zero-order valence-corrected chi connectivity index (χ0v) is 26.5. The molecule has 1 heterocycles. The monoisotopic (exact) mass is 636 g/mol. The average molecular weight is 637 g/mol. The summed E-state index contributed by atoms with van der Waals surface area (Å²) in [6.07, 6.45) is -2.00. The minimum Gasteiger partial charge on any atom is -0.376 e. The molecule has 1 aliphatic carbocycles. The summed E-state index contributed by atoms with van der Waals surface area (Å²) in [5, 5.41) is 21.2. The molecule has 0 aromatic carbocycles. The lowest BCUT2D eigenvalue weighted by Crippen LogP contribution is -2.31. The molecule has 1 fully saturated rings. The first-order chi connectivity index (χ1) is 18.6. The third kappa shape index (κ3) is 13.8. The highest BCUT2D eigenvalue weighted by molar-refractivity contribution is 8.29. The molecule has 15 heteroatoms. The van der Waals surface area contributed by atoms with Gasteiger partial charge in [-0.1, -0.05) is 51.1 Å². The molecule has 0 spiro atoms. The predicted octanol–water partition coefficient (Wildman–Crippen LogP) is 5.99. The van der Waals surface area contributed by atoms with Gasteiger partial charge >= 0.3 is 12.1 Å². The summed E-state index contributed by atoms with van der Waals surface area (Å²) < 4.78 is 50.7. The van der Waals surface area contributed by atoms with Gasteiger partial charge in [-0.3, -0.25) is 4.79 Å². The van der Waals surface area contributed by atoms with Crippen LogP contribution in [0.2, 0.25) is 5.15 Å². The molecule has 0 bridgehead atoms. The van der Waals surface area contributed by atoms with Gasteiger partial charge in [0.1, 0.15) is 5.69 Å². The predicted molar refractivity (Wildman–Crippen MR) is 157 cm³/mol. The van der Waals surface area contributed by atoms with Crippen LogP contribution in [0.1, 0.15) is 67.2 Å². The summed E-state index contributed by atoms with van der Waals surface area (Å²) in [4.78, 5) is 19.9. The second-order valence-electron chi connectivity index (χ2n) is 9.62. The van der Waals surface area contributed by atoms with Crippen molar-refractivity contribution < 1.29 is 37.1 Å². The molecular weight excluding hydrogens is 593 g/mol. The van der Waals surface area contributed by atoms with Gasteiger partial charge in [-0.15, -0.1) is 10.3 Å². The SMILES string of the molecule is CC(C)(O)O.CCCSc1nc(Cl)c(NC(=O)C(F)(F)F)c(NC2CCC(OCCOS(CC)(CC)CC)C2)n1. The van der Waals surface area contributed by atoms with E-state index in [2.05, 4.69) is 36.1 Å². The van der Waals surface area contributed by atoms with Crippen LogP contribution in [0.4, 0.5) is 24.7 Å². The van der Waals surface area contributed by atoms with Crippen molar-refractivity contribution in [3.05, 3.63) is 5.15 Å². The maximum atomic E-state index is 12.8. The Hall–Kier alpha value is -1.03. The lowest BCUT2D eigenvalue weighted by Gasteiger charge is -2.36. The fourth-order valence-electron chi connectivity index (χ4n) is 3.78. The van der Waals surface area contributed by atoms with Crippen molar-refractivity contribution in [2.24, 2.45) is 0 Å². The number of amides is 1. The van der Waals surface area contributed by atoms with Crippen LogP contribution in [-0.4, -0.2) is 86.4 Å². The van der Waals surface area contributed by atoms with Crippen molar-refractivity contribution in [1.29, 1.82) is 0 Å². The Bertz CT molecular complexity index is 907. The number of halogens is 4. The van der Waals surface area contributed by atoms with E-state index in [4.69, 9.17) is 30.7 Å². The molecular formula is C25H44ClF3N4O5S2. The zero-order chi connectivity index (χ0) is 30.6. The first kappa shape index (κ1) is 37.0. The van der Waals surface area contributed by atoms with E-state index in [0.29, 0.717) is 24.8 Å². The van der Waals surface area contributed by atoms with E-state index in [-0.39, 0.29) is 28.8 Å². The number of carbonyl (C=O) groups excluding carboxylic acids is 1. The quantitative estimate of drug-likeness (QED) is 0.0641. The molecule has 1 aliphatic rings. The van der Waals surface area contributed by atoms with Gasteiger partial charge in [-0.05, 0) is 56.8 Å². The van der Waals surface area contributed by atoms with Crippen molar-refractivity contribution in [2.75, 3.05) is 46.9 Å². The third-order valence-electron chi connectivity index (χ3n) is 5.85. The van der Waals surface area contributed by atoms with Gasteiger partial charge in [0.15, 0.2) is 21.9 Å². The van der Waals surface area contributed by atoms with Crippen LogP contribution < -0.4 is 10.6 Å². The number of aromatic nitrogens is 2. The second kappa shape index (κ2) is 17.2. The molecule has 1 saturated carbocycles. The Morgan fingerprint density at radius 3 is 2.23 bits per heavy atom. The van der Waals surface area contributed by atoms with E-state index in [1.54, 1.807) is 0 Å². The maximum Gasteiger partial charge on any atom is 0.471 e. The van der Waals surface area contributed by atoms with Gasteiger partial charge in [0.2, 0.25) is 0 Å². The van der Waals surface area contributed by atoms with Crippen LogP contribution in [0, 0.1) is 0 Å². The zero-order valence-electron chi connectivity index (χ0n) is 24.1. The van der Waals surface area contributed by atoms with Crippen LogP contribution in [0.15, 0.2) is 5.16 Å². The number of hydrogen-bond acceptors (Lipinski definition) is 9. The fourth-order valence-corrected chi connectivity index (χ4v) is 6.89. The molecule has 9 nitrogen and oxygen atoms in total. The third-order valence-corrected chi connectivity index (χ3v) is 11.0. The highest BCUT2D eigenvalue weighted by Crippen LogP contribution is 2.47. The molecule has 1 aromatic heterocycles. The smallest absolute Gasteiger partial charge is 0.376 e. The van der Waals surface area contributed by atoms with E-state index in [1.807, 2.05) is 12.2 Å². The van der Waals surface area contributed by atoms with Crippen molar-refractivity contribution in [3.63, 3.8) is 0 Å². The van der Waals surface area contributed by atoms with E-state index < -0.39 is 28.2 Å². The Morgan fingerprint density at radius 1 is 1.10 bits per heavy atom. The van der Waals surface area contributed by atoms with E-state index in [0.717, 1.165) is 42.3 Å². The number of rotatable bonds is 14. The normalized spacial score (nSPS) is 18.2. The highest BCUT2D eigenvalue weighted by Gasteiger charge is 2.40. The van der Waals surface area contributed by atoms with Crippen molar-refractivity contribution >= 4 is 51.1 Å². The second-order valence-corrected chi connectivity index (χ2v) is 14.9. The average Bonchev–Trinajstić information content (AvgIpc) is 3.30. The van der Waals surface area contributed by atoms with Gasteiger partial charge < -0.3 is 29.8 Å². The number of alkyl halides is 3. The van der Waals surface area contributed by atoms with Gasteiger partial charge in [0, 0.05) is 11.8 Å². The highest BCUT2D eigenvalue weighted by atomic mass is 35.5. The number of nitrogens with zero attached hydrogens (tertiary/aromatic N) is 2. The molecule has 2 rings (SSSR count). The van der Waals surface area contributed by atoms with E-state index in [9.17, 15) is 18.0 Å². The van der Waals surface area contributed by atoms with Gasteiger partial charge in [-0.25, -0.2) is 9.97 Å². The molecule has 0 saturated heterocycles. The number of ether oxygens (including phenoxy) is 1. The topological polar surface area (TPSA) is 126 Å². The minimum absolute atomic E-state index is 0.00448. The fraction of sp³-hybridized carbons (Fsp3) is 0.800. The first-order valence-corrected chi connectivity index (χ1v) is 16.8. The van der Waals surface area contributed by atoms with Gasteiger partial charge in [-0.2, -0.15) is 13.2 Å². The number of thioether (sulfide) groups is 1. The molecule has 1 amide bonds. The molecule has 40 heavy (non-hydrogen) atoms. The number of carbonyl (C=O) groups is 1. The van der Waals surface area contributed by atoms with Crippen LogP contribution in [-0.2, 0) is 13.7 Å². The Kier molecular flexibility index (Phi) is 15.9. The first-order valence-electron chi connectivity index (χ1n) is 13.4. The summed E-state index contributed by atoms with van der Waals surface area (Å²) in [5.41, 5.74) is -0.273. The van der Waals surface area contributed by atoms with Gasteiger partial charge in [0.05, 0.1) is 19.3 Å². The van der Waals surface area contributed by atoms with Crippen molar-refractivity contribution in [2.45, 2.75) is 96.5 Å². The molecule has 4 N–H and O–H groups in total. The molecule has 1 aromatic rings. The number of nitrogens with one attached hydrogen (secondary N) is 2. The van der Waals surface area contributed by atoms with Crippen molar-refractivity contribution in [1.82, 2.24) is 9.97 Å². The largest absolute Gasteiger partial charge is 0.471 e. The lowest BCUT2D eigenvalue weighted by atomic mass is 10.2. The van der Waals surface area contributed by atoms with Crippen LogP contribution in [0.5, 0.6) is 0 Å². The van der Waals surface area contributed by atoms with Crippen molar-refractivity contribution in [3.8, 4) is 0 Å². The summed E-state index contributed by atoms with van der Waals surface area (Å²) in [6.45, 7) is 12.1. The van der Waals surface area contributed by atoms with E-state index in [1.165, 1.54) is 25.6 Å². The summed E-state index contributed by atoms with van der Waals surface area (Å²) in [5.74, 6) is 0.269. The standard InChI is InChI=1S/C22H36ClF3N4O3S2.C3H8O2/c1-5-13-34-21-29-18(23)17(28-20(31)22(24,25)26)19(30-21)27-15-9-10-16(14-15)32-11-12-33-35(6-2,7-3)8-4;1-3(2,4)5/h15-16H,5-14H2,1-4H3,(H,28,31)(H,27,29,30);4-5H,1-2H3. The van der Waals surface area contributed by atoms with Crippen LogP contribution in [0.3, 0.4) is 0 Å². The van der Waals surface area contributed by atoms with Crippen LogP contribution in [0.25, 0.3) is 0 Å². The summed E-state index contributed by atoms with van der Waals surface area (Å²) in [7, 11) is -1.03. The maximum absolute atomic E-state index is 12.8. The number of hydrogen-bond donors (Lipinski definition) is 4. The molecule has 2 unspecified atom stereocenters. The number of anilines is 2. The molecule has 0 radical (unpaired) electrons. The molecule has 0 aliphatic heterocycles. The molecule has 2 atom stereocenters. The minimum atomic E-state index is -5.06. The Balaban J connectivity index is 0.00000146. The lowest BCUT2D eigenvalue weighted by molar-refractivity contribution is -0.167. The van der Waals surface area contributed by atoms with Crippen LogP contribution >= 0.6 is 33.7 Å².